The number of amidine groups is 1. The molecule has 74 valence electrons. The van der Waals surface area contributed by atoms with E-state index in [1.807, 2.05) is 0 Å². The van der Waals surface area contributed by atoms with Crippen molar-refractivity contribution in [3.63, 3.8) is 0 Å². The van der Waals surface area contributed by atoms with Crippen LogP contribution in [0.4, 0.5) is 0 Å². The largest absolute Gasteiger partial charge is 0.377 e. The number of rotatable bonds is 2. The van der Waals surface area contributed by atoms with E-state index in [2.05, 4.69) is 4.99 Å². The van der Waals surface area contributed by atoms with Gasteiger partial charge in [-0.05, 0) is 12.8 Å². The van der Waals surface area contributed by atoms with Gasteiger partial charge in [0.2, 0.25) is 0 Å². The van der Waals surface area contributed by atoms with Crippen molar-refractivity contribution in [3.8, 4) is 0 Å². The molecule has 0 aromatic heterocycles. The summed E-state index contributed by atoms with van der Waals surface area (Å²) in [6.45, 7) is 0.834. The van der Waals surface area contributed by atoms with Crippen molar-refractivity contribution in [2.75, 3.05) is 12.4 Å². The Morgan fingerprint density at radius 2 is 2.38 bits per heavy atom. The molecule has 0 aliphatic carbocycles. The Labute approximate surface area is 81.4 Å². The van der Waals surface area contributed by atoms with Gasteiger partial charge in [-0.1, -0.05) is 11.8 Å². The molecule has 1 atom stereocenters. The quantitative estimate of drug-likeness (QED) is 0.437. The maximum atomic E-state index is 7.34. The molecular formula is C7H14N4OS. The van der Waals surface area contributed by atoms with Gasteiger partial charge in [-0.15, -0.1) is 0 Å². The summed E-state index contributed by atoms with van der Waals surface area (Å²) < 4.78 is 5.38. The van der Waals surface area contributed by atoms with E-state index in [0.29, 0.717) is 0 Å². The zero-order valence-corrected chi connectivity index (χ0v) is 8.14. The average Bonchev–Trinajstić information content (AvgIpc) is 2.51. The number of nitrogens with two attached hydrogens (primary N) is 2. The molecule has 5 N–H and O–H groups in total. The zero-order chi connectivity index (χ0) is 9.68. The van der Waals surface area contributed by atoms with Gasteiger partial charge in [-0.25, -0.2) is 0 Å². The smallest absolute Gasteiger partial charge is 0.193 e. The molecule has 0 amide bonds. The van der Waals surface area contributed by atoms with E-state index in [-0.39, 0.29) is 17.2 Å². The summed E-state index contributed by atoms with van der Waals surface area (Å²) in [6, 6.07) is 0. The molecule has 1 heterocycles. The molecule has 0 spiro atoms. The third-order valence-electron chi connectivity index (χ3n) is 1.66. The minimum atomic E-state index is -0.0650. The van der Waals surface area contributed by atoms with Crippen LogP contribution in [0.1, 0.15) is 12.8 Å². The minimum absolute atomic E-state index is 0.0650. The van der Waals surface area contributed by atoms with Gasteiger partial charge in [0, 0.05) is 12.4 Å². The van der Waals surface area contributed by atoms with Crippen molar-refractivity contribution in [2.45, 2.75) is 18.9 Å². The fourth-order valence-electron chi connectivity index (χ4n) is 1.10. The molecule has 1 saturated heterocycles. The molecule has 0 saturated carbocycles. The maximum Gasteiger partial charge on any atom is 0.193 e. The van der Waals surface area contributed by atoms with Crippen LogP contribution in [0.15, 0.2) is 4.99 Å². The first-order chi connectivity index (χ1) is 6.18. The van der Waals surface area contributed by atoms with Crippen molar-refractivity contribution < 1.29 is 4.74 Å². The lowest BCUT2D eigenvalue weighted by Crippen LogP contribution is -2.23. The van der Waals surface area contributed by atoms with Crippen molar-refractivity contribution >= 4 is 22.9 Å². The highest BCUT2D eigenvalue weighted by molar-refractivity contribution is 8.13. The number of nitrogens with one attached hydrogen (secondary N) is 1. The molecule has 13 heavy (non-hydrogen) atoms. The van der Waals surface area contributed by atoms with Crippen LogP contribution in [0.5, 0.6) is 0 Å². The van der Waals surface area contributed by atoms with Crippen LogP contribution < -0.4 is 11.5 Å². The third-order valence-corrected chi connectivity index (χ3v) is 2.56. The van der Waals surface area contributed by atoms with Gasteiger partial charge in [0.05, 0.1) is 6.10 Å². The average molecular weight is 202 g/mol. The van der Waals surface area contributed by atoms with Crippen molar-refractivity contribution in [1.29, 1.82) is 5.41 Å². The summed E-state index contributed by atoms with van der Waals surface area (Å²) in [7, 11) is 0. The Hall–Kier alpha value is -0.750. The van der Waals surface area contributed by atoms with Crippen LogP contribution in [-0.2, 0) is 4.74 Å². The van der Waals surface area contributed by atoms with Gasteiger partial charge >= 0.3 is 0 Å². The van der Waals surface area contributed by atoms with Crippen LogP contribution in [0.25, 0.3) is 0 Å². The molecule has 0 aromatic carbocycles. The summed E-state index contributed by atoms with van der Waals surface area (Å²) in [4.78, 5) is 3.60. The van der Waals surface area contributed by atoms with E-state index in [1.54, 1.807) is 0 Å². The molecule has 1 unspecified atom stereocenters. The number of guanidine groups is 1. The Balaban J connectivity index is 2.18. The molecular weight excluding hydrogens is 188 g/mol. The summed E-state index contributed by atoms with van der Waals surface area (Å²) in [5.74, 6) is 0.695. The molecule has 0 bridgehead atoms. The first-order valence-corrected chi connectivity index (χ1v) is 5.09. The minimum Gasteiger partial charge on any atom is -0.377 e. The second kappa shape index (κ2) is 5.08. The van der Waals surface area contributed by atoms with Crippen LogP contribution in [0, 0.1) is 5.41 Å². The van der Waals surface area contributed by atoms with E-state index in [1.165, 1.54) is 11.8 Å². The van der Waals surface area contributed by atoms with Crippen LogP contribution in [0.3, 0.4) is 0 Å². The summed E-state index contributed by atoms with van der Waals surface area (Å²) in [5, 5.41) is 7.49. The molecule has 0 aromatic rings. The van der Waals surface area contributed by atoms with Crippen LogP contribution >= 0.6 is 11.8 Å². The van der Waals surface area contributed by atoms with Crippen molar-refractivity contribution in [1.82, 2.24) is 0 Å². The number of hydrogen-bond acceptors (Lipinski definition) is 3. The van der Waals surface area contributed by atoms with E-state index < -0.39 is 0 Å². The highest BCUT2D eigenvalue weighted by Gasteiger charge is 2.15. The van der Waals surface area contributed by atoms with Crippen molar-refractivity contribution in [2.24, 2.45) is 16.5 Å². The number of ether oxygens (including phenoxy) is 1. The number of aliphatic imine (C=N–C) groups is 1. The molecule has 6 heteroatoms. The molecule has 1 aliphatic heterocycles. The summed E-state index contributed by atoms with van der Waals surface area (Å²) in [5.41, 5.74) is 10.2. The van der Waals surface area contributed by atoms with E-state index >= 15 is 0 Å². The number of nitrogens with zero attached hydrogens (tertiary/aromatic N) is 1. The van der Waals surface area contributed by atoms with Gasteiger partial charge in [0.1, 0.15) is 0 Å². The molecule has 1 rings (SSSR count). The first-order valence-electron chi connectivity index (χ1n) is 4.11. The molecule has 5 nitrogen and oxygen atoms in total. The van der Waals surface area contributed by atoms with Gasteiger partial charge in [0.25, 0.3) is 0 Å². The second-order valence-electron chi connectivity index (χ2n) is 2.79. The predicted octanol–water partition coefficient (Wildman–Crippen LogP) is 0.107. The van der Waals surface area contributed by atoms with E-state index in [4.69, 9.17) is 21.6 Å². The normalized spacial score (nSPS) is 21.4. The Morgan fingerprint density at radius 1 is 1.62 bits per heavy atom. The maximum absolute atomic E-state index is 7.34. The lowest BCUT2D eigenvalue weighted by Gasteiger charge is -2.06. The highest BCUT2D eigenvalue weighted by atomic mass is 32.2. The first kappa shape index (κ1) is 10.3. The van der Waals surface area contributed by atoms with Gasteiger partial charge in [-0.2, -0.15) is 4.99 Å². The lowest BCUT2D eigenvalue weighted by molar-refractivity contribution is 0.129. The van der Waals surface area contributed by atoms with E-state index in [9.17, 15) is 0 Å². The standard InChI is InChI=1S/C7H14N4OS/c8-6(9)11-7(10)13-4-5-2-1-3-12-5/h5H,1-4H2,(H5,8,9,10,11). The highest BCUT2D eigenvalue weighted by Crippen LogP contribution is 2.17. The SMILES string of the molecule is N=C(N=C(N)N)SCC1CCCO1. The van der Waals surface area contributed by atoms with Gasteiger partial charge in [-0.3, -0.25) is 5.41 Å². The Bertz CT molecular complexity index is 209. The predicted molar refractivity (Wildman–Crippen MR) is 55.0 cm³/mol. The molecule has 1 aliphatic rings. The lowest BCUT2D eigenvalue weighted by atomic mass is 10.3. The van der Waals surface area contributed by atoms with Crippen LogP contribution in [-0.4, -0.2) is 29.6 Å². The Kier molecular flexibility index (Phi) is 4.04. The fourth-order valence-corrected chi connectivity index (χ4v) is 1.87. The van der Waals surface area contributed by atoms with E-state index in [0.717, 1.165) is 25.2 Å². The topological polar surface area (TPSA) is 97.5 Å². The monoisotopic (exact) mass is 202 g/mol. The Morgan fingerprint density at radius 3 is 2.92 bits per heavy atom. The number of hydrogen-bond donors (Lipinski definition) is 3. The van der Waals surface area contributed by atoms with Gasteiger partial charge < -0.3 is 16.2 Å². The van der Waals surface area contributed by atoms with Crippen molar-refractivity contribution in [3.05, 3.63) is 0 Å². The molecule has 1 fully saturated rings. The van der Waals surface area contributed by atoms with Gasteiger partial charge in [0.15, 0.2) is 11.1 Å². The number of thioether (sulfide) groups is 1. The third kappa shape index (κ3) is 4.14. The summed E-state index contributed by atoms with van der Waals surface area (Å²) >= 11 is 1.31. The molecule has 0 radical (unpaired) electrons. The summed E-state index contributed by atoms with van der Waals surface area (Å²) in [6.07, 6.45) is 2.45. The zero-order valence-electron chi connectivity index (χ0n) is 7.32. The fraction of sp³-hybridized carbons (Fsp3) is 0.714. The van der Waals surface area contributed by atoms with Crippen LogP contribution in [0.2, 0.25) is 0 Å². The second-order valence-corrected chi connectivity index (χ2v) is 3.80.